The molecule has 5 nitrogen and oxygen atoms in total. The van der Waals surface area contributed by atoms with Crippen molar-refractivity contribution in [3.8, 4) is 5.75 Å². The number of carbonyl (C=O) groups is 1. The van der Waals surface area contributed by atoms with Gasteiger partial charge in [-0.15, -0.1) is 0 Å². The van der Waals surface area contributed by atoms with E-state index in [4.69, 9.17) is 9.15 Å². The summed E-state index contributed by atoms with van der Waals surface area (Å²) in [4.78, 5) is 11.5. The molecule has 0 aliphatic carbocycles. The summed E-state index contributed by atoms with van der Waals surface area (Å²) in [7, 11) is 2.98. The van der Waals surface area contributed by atoms with Gasteiger partial charge in [0, 0.05) is 5.69 Å². The zero-order valence-corrected chi connectivity index (χ0v) is 11.7. The van der Waals surface area contributed by atoms with Crippen LogP contribution in [0.3, 0.4) is 0 Å². The van der Waals surface area contributed by atoms with Gasteiger partial charge in [-0.25, -0.2) is 4.79 Å². The van der Waals surface area contributed by atoms with Gasteiger partial charge in [0.1, 0.15) is 22.8 Å². The van der Waals surface area contributed by atoms with E-state index in [2.05, 4.69) is 10.1 Å². The van der Waals surface area contributed by atoms with Crippen molar-refractivity contribution in [1.29, 1.82) is 0 Å². The van der Waals surface area contributed by atoms with E-state index in [1.165, 1.54) is 7.11 Å². The van der Waals surface area contributed by atoms with Crippen LogP contribution in [0, 0.1) is 6.92 Å². The predicted molar refractivity (Wildman–Crippen MR) is 75.1 cm³/mol. The van der Waals surface area contributed by atoms with E-state index < -0.39 is 0 Å². The van der Waals surface area contributed by atoms with E-state index in [9.17, 15) is 4.79 Å². The number of hydrogen-bond acceptors (Lipinski definition) is 5. The molecule has 0 spiro atoms. The average Bonchev–Trinajstić information content (AvgIpc) is 2.86. The fraction of sp³-hybridized carbons (Fsp3) is 0.267. The van der Waals surface area contributed by atoms with E-state index in [-0.39, 0.29) is 5.97 Å². The number of furan rings is 1. The molecule has 20 heavy (non-hydrogen) atoms. The number of anilines is 1. The molecule has 0 fully saturated rings. The molecular formula is C15H17NO4. The first-order chi connectivity index (χ1) is 9.63. The Morgan fingerprint density at radius 1 is 1.25 bits per heavy atom. The first kappa shape index (κ1) is 14.0. The minimum absolute atomic E-state index is 0.387. The summed E-state index contributed by atoms with van der Waals surface area (Å²) in [6.07, 6.45) is 0. The summed E-state index contributed by atoms with van der Waals surface area (Å²) < 4.78 is 15.3. The third-order valence-corrected chi connectivity index (χ3v) is 2.93. The van der Waals surface area contributed by atoms with Crippen molar-refractivity contribution in [3.63, 3.8) is 0 Å². The van der Waals surface area contributed by atoms with E-state index in [0.717, 1.165) is 11.4 Å². The highest BCUT2D eigenvalue weighted by Gasteiger charge is 2.14. The molecule has 0 amide bonds. The molecule has 0 radical (unpaired) electrons. The zero-order valence-electron chi connectivity index (χ0n) is 11.7. The van der Waals surface area contributed by atoms with Gasteiger partial charge >= 0.3 is 5.97 Å². The Morgan fingerprint density at radius 3 is 2.55 bits per heavy atom. The Bertz CT molecular complexity index is 586. The van der Waals surface area contributed by atoms with Crippen molar-refractivity contribution < 1.29 is 18.7 Å². The van der Waals surface area contributed by atoms with Crippen LogP contribution in [0.2, 0.25) is 0 Å². The third-order valence-electron chi connectivity index (χ3n) is 2.93. The van der Waals surface area contributed by atoms with Gasteiger partial charge in [0.25, 0.3) is 0 Å². The van der Waals surface area contributed by atoms with Crippen LogP contribution >= 0.6 is 0 Å². The minimum Gasteiger partial charge on any atom is -0.497 e. The lowest BCUT2D eigenvalue weighted by atomic mass is 10.2. The maximum atomic E-state index is 11.5. The number of benzene rings is 1. The predicted octanol–water partition coefficient (Wildman–Crippen LogP) is 3.00. The van der Waals surface area contributed by atoms with Gasteiger partial charge in [0.05, 0.1) is 20.8 Å². The van der Waals surface area contributed by atoms with E-state index in [0.29, 0.717) is 23.6 Å². The SMILES string of the molecule is COC(=O)c1cc(CNc2ccc(OC)cc2)oc1C. The normalized spacial score (nSPS) is 10.2. The third kappa shape index (κ3) is 3.12. The van der Waals surface area contributed by atoms with Gasteiger partial charge in [-0.1, -0.05) is 0 Å². The van der Waals surface area contributed by atoms with Gasteiger partial charge in [0.2, 0.25) is 0 Å². The Hall–Kier alpha value is -2.43. The molecule has 0 bridgehead atoms. The number of aryl methyl sites for hydroxylation is 1. The van der Waals surface area contributed by atoms with Crippen LogP contribution in [0.1, 0.15) is 21.9 Å². The molecular weight excluding hydrogens is 258 g/mol. The van der Waals surface area contributed by atoms with Crippen LogP contribution in [0.15, 0.2) is 34.7 Å². The maximum absolute atomic E-state index is 11.5. The molecule has 0 atom stereocenters. The summed E-state index contributed by atoms with van der Waals surface area (Å²) in [5, 5.41) is 3.21. The molecule has 106 valence electrons. The first-order valence-electron chi connectivity index (χ1n) is 6.19. The largest absolute Gasteiger partial charge is 0.497 e. The standard InChI is InChI=1S/C15H17NO4/c1-10-14(15(17)19-3)8-13(20-10)9-16-11-4-6-12(18-2)7-5-11/h4-8,16H,9H2,1-3H3. The second-order valence-electron chi connectivity index (χ2n) is 4.26. The molecule has 0 aliphatic rings. The average molecular weight is 275 g/mol. The number of methoxy groups -OCH3 is 2. The molecule has 5 heteroatoms. The molecule has 2 rings (SSSR count). The first-order valence-corrected chi connectivity index (χ1v) is 6.19. The van der Waals surface area contributed by atoms with Crippen LogP contribution < -0.4 is 10.1 Å². The molecule has 1 heterocycles. The summed E-state index contributed by atoms with van der Waals surface area (Å²) in [6.45, 7) is 2.23. The molecule has 1 aromatic carbocycles. The zero-order chi connectivity index (χ0) is 14.5. The highest BCUT2D eigenvalue weighted by atomic mass is 16.5. The van der Waals surface area contributed by atoms with Crippen molar-refractivity contribution >= 4 is 11.7 Å². The highest BCUT2D eigenvalue weighted by Crippen LogP contribution is 2.19. The number of nitrogens with one attached hydrogen (secondary N) is 1. The van der Waals surface area contributed by atoms with E-state index in [1.54, 1.807) is 20.1 Å². The number of esters is 1. The Morgan fingerprint density at radius 2 is 1.95 bits per heavy atom. The lowest BCUT2D eigenvalue weighted by Gasteiger charge is -2.05. The number of hydrogen-bond donors (Lipinski definition) is 1. The molecule has 0 saturated heterocycles. The minimum atomic E-state index is -0.387. The van der Waals surface area contributed by atoms with Crippen molar-refractivity contribution in [2.45, 2.75) is 13.5 Å². The second kappa shape index (κ2) is 6.14. The molecule has 0 aliphatic heterocycles. The van der Waals surface area contributed by atoms with Crippen LogP contribution in [-0.4, -0.2) is 20.2 Å². The number of carbonyl (C=O) groups excluding carboxylic acids is 1. The fourth-order valence-electron chi connectivity index (χ4n) is 1.84. The van der Waals surface area contributed by atoms with Gasteiger partial charge in [-0.3, -0.25) is 0 Å². The summed E-state index contributed by atoms with van der Waals surface area (Å²) >= 11 is 0. The van der Waals surface area contributed by atoms with Crippen LogP contribution in [0.5, 0.6) is 5.75 Å². The second-order valence-corrected chi connectivity index (χ2v) is 4.26. The lowest BCUT2D eigenvalue weighted by Crippen LogP contribution is -2.01. The van der Waals surface area contributed by atoms with Crippen molar-refractivity contribution in [1.82, 2.24) is 0 Å². The van der Waals surface area contributed by atoms with Crippen LogP contribution in [0.4, 0.5) is 5.69 Å². The quantitative estimate of drug-likeness (QED) is 0.850. The van der Waals surface area contributed by atoms with Crippen LogP contribution in [-0.2, 0) is 11.3 Å². The lowest BCUT2D eigenvalue weighted by molar-refractivity contribution is 0.0599. The molecule has 0 saturated carbocycles. The maximum Gasteiger partial charge on any atom is 0.341 e. The summed E-state index contributed by atoms with van der Waals surface area (Å²) in [5.74, 6) is 1.65. The summed E-state index contributed by atoms with van der Waals surface area (Å²) in [6, 6.07) is 9.26. The van der Waals surface area contributed by atoms with Crippen LogP contribution in [0.25, 0.3) is 0 Å². The van der Waals surface area contributed by atoms with Crippen molar-refractivity contribution in [2.24, 2.45) is 0 Å². The van der Waals surface area contributed by atoms with Gasteiger partial charge in [-0.05, 0) is 37.3 Å². The smallest absolute Gasteiger partial charge is 0.341 e. The molecule has 2 aromatic rings. The fourth-order valence-corrected chi connectivity index (χ4v) is 1.84. The molecule has 0 unspecified atom stereocenters. The highest BCUT2D eigenvalue weighted by molar-refractivity contribution is 5.90. The topological polar surface area (TPSA) is 60.7 Å². The summed E-state index contributed by atoms with van der Waals surface area (Å²) in [5.41, 5.74) is 1.40. The van der Waals surface area contributed by atoms with Crippen molar-refractivity contribution in [2.75, 3.05) is 19.5 Å². The Labute approximate surface area is 117 Å². The Balaban J connectivity index is 2.01. The number of rotatable bonds is 5. The number of ether oxygens (including phenoxy) is 2. The van der Waals surface area contributed by atoms with Gasteiger partial charge < -0.3 is 19.2 Å². The molecule has 1 N–H and O–H groups in total. The molecule has 1 aromatic heterocycles. The van der Waals surface area contributed by atoms with Gasteiger partial charge in [-0.2, -0.15) is 0 Å². The van der Waals surface area contributed by atoms with Gasteiger partial charge in [0.15, 0.2) is 0 Å². The van der Waals surface area contributed by atoms with E-state index in [1.807, 2.05) is 24.3 Å². The monoisotopic (exact) mass is 275 g/mol. The van der Waals surface area contributed by atoms with E-state index >= 15 is 0 Å². The Kier molecular flexibility index (Phi) is 4.30. The van der Waals surface area contributed by atoms with Crippen molar-refractivity contribution in [3.05, 3.63) is 47.4 Å².